The minimum atomic E-state index is -0.266. The second-order valence-electron chi connectivity index (χ2n) is 6.95. The Morgan fingerprint density at radius 2 is 1.67 bits per heavy atom. The summed E-state index contributed by atoms with van der Waals surface area (Å²) < 4.78 is 11.3. The number of hydrogen-bond donors (Lipinski definition) is 0. The van der Waals surface area contributed by atoms with Gasteiger partial charge in [0.1, 0.15) is 5.75 Å². The predicted molar refractivity (Wildman–Crippen MR) is 95.0 cm³/mol. The molecule has 24 heavy (non-hydrogen) atoms. The first-order valence-electron chi connectivity index (χ1n) is 8.29. The van der Waals surface area contributed by atoms with Gasteiger partial charge < -0.3 is 9.47 Å². The first-order chi connectivity index (χ1) is 11.5. The quantitative estimate of drug-likeness (QED) is 0.813. The van der Waals surface area contributed by atoms with Gasteiger partial charge >= 0.3 is 0 Å². The highest BCUT2D eigenvalue weighted by Crippen LogP contribution is 2.39. The molecule has 128 valence electrons. The van der Waals surface area contributed by atoms with Crippen molar-refractivity contribution < 1.29 is 14.3 Å². The maximum atomic E-state index is 6.13. The molecule has 4 heteroatoms. The molecule has 4 nitrogen and oxygen atoms in total. The smallest absolute Gasteiger partial charge is 0.186 e. The average molecular weight is 327 g/mol. The molecule has 2 atom stereocenters. The molecular weight excluding hydrogens is 302 g/mol. The van der Waals surface area contributed by atoms with Crippen LogP contribution in [-0.2, 0) is 9.57 Å². The van der Waals surface area contributed by atoms with E-state index in [1.165, 1.54) is 5.56 Å². The van der Waals surface area contributed by atoms with E-state index in [2.05, 4.69) is 24.3 Å². The predicted octanol–water partition coefficient (Wildman–Crippen LogP) is 4.72. The lowest BCUT2D eigenvalue weighted by molar-refractivity contribution is -0.176. The molecule has 0 radical (unpaired) electrons. The van der Waals surface area contributed by atoms with Crippen molar-refractivity contribution in [1.29, 1.82) is 0 Å². The topological polar surface area (TPSA) is 30.9 Å². The number of hydroxylamine groups is 1. The average Bonchev–Trinajstić information content (AvgIpc) is 2.97. The van der Waals surface area contributed by atoms with Gasteiger partial charge in [0, 0.05) is 6.42 Å². The van der Waals surface area contributed by atoms with Crippen LogP contribution in [-0.4, -0.2) is 19.0 Å². The van der Waals surface area contributed by atoms with E-state index in [0.717, 1.165) is 17.9 Å². The van der Waals surface area contributed by atoms with E-state index in [0.29, 0.717) is 0 Å². The van der Waals surface area contributed by atoms with Crippen molar-refractivity contribution in [3.8, 4) is 5.75 Å². The van der Waals surface area contributed by atoms with Gasteiger partial charge in [-0.05, 0) is 50.6 Å². The van der Waals surface area contributed by atoms with E-state index in [1.807, 2.05) is 56.2 Å². The number of benzene rings is 2. The molecule has 1 aliphatic heterocycles. The maximum Gasteiger partial charge on any atom is 0.186 e. The second-order valence-corrected chi connectivity index (χ2v) is 6.95. The highest BCUT2D eigenvalue weighted by Gasteiger charge is 2.37. The highest BCUT2D eigenvalue weighted by molar-refractivity contribution is 5.47. The molecule has 0 aromatic heterocycles. The fraction of sp³-hybridized carbons (Fsp3) is 0.400. The number of nitrogens with zero attached hydrogens (tertiary/aromatic N) is 1. The minimum Gasteiger partial charge on any atom is -0.497 e. The van der Waals surface area contributed by atoms with E-state index in [-0.39, 0.29) is 17.9 Å². The zero-order valence-electron chi connectivity index (χ0n) is 14.7. The summed E-state index contributed by atoms with van der Waals surface area (Å²) in [5, 5.41) is 1.96. The maximum absolute atomic E-state index is 6.13. The summed E-state index contributed by atoms with van der Waals surface area (Å²) in [5.74, 6) is 0.853. The third kappa shape index (κ3) is 3.89. The zero-order chi connectivity index (χ0) is 17.2. The summed E-state index contributed by atoms with van der Waals surface area (Å²) >= 11 is 0. The van der Waals surface area contributed by atoms with E-state index < -0.39 is 0 Å². The fourth-order valence-corrected chi connectivity index (χ4v) is 2.90. The third-order valence-electron chi connectivity index (χ3n) is 3.93. The van der Waals surface area contributed by atoms with Crippen molar-refractivity contribution in [2.45, 2.75) is 45.1 Å². The van der Waals surface area contributed by atoms with Gasteiger partial charge in [-0.2, -0.15) is 0 Å². The number of rotatable bonds is 4. The molecule has 1 aliphatic rings. The molecule has 1 heterocycles. The van der Waals surface area contributed by atoms with Crippen LogP contribution in [0.2, 0.25) is 0 Å². The Kier molecular flexibility index (Phi) is 4.78. The molecule has 0 amide bonds. The van der Waals surface area contributed by atoms with Crippen molar-refractivity contribution in [2.75, 3.05) is 12.2 Å². The SMILES string of the molecule is COc1ccc([C@H]2C[C@@H](OC(C)(C)C)ON2c2ccccc2)cc1. The Labute approximate surface area is 143 Å². The molecule has 2 aromatic carbocycles. The molecule has 1 fully saturated rings. The molecule has 0 saturated carbocycles. The van der Waals surface area contributed by atoms with Crippen LogP contribution in [0.3, 0.4) is 0 Å². The normalized spacial score (nSPS) is 21.1. The lowest BCUT2D eigenvalue weighted by Crippen LogP contribution is -2.28. The van der Waals surface area contributed by atoms with Gasteiger partial charge in [-0.1, -0.05) is 30.3 Å². The van der Waals surface area contributed by atoms with Gasteiger partial charge in [0.15, 0.2) is 6.29 Å². The van der Waals surface area contributed by atoms with Gasteiger partial charge in [0.25, 0.3) is 0 Å². The van der Waals surface area contributed by atoms with Gasteiger partial charge in [-0.3, -0.25) is 0 Å². The standard InChI is InChI=1S/C20H25NO3/c1-20(2,3)23-19-14-18(15-10-12-17(22-4)13-11-15)21(24-19)16-8-6-5-7-9-16/h5-13,18-19H,14H2,1-4H3/t18-,19+/m1/s1. The number of para-hydroxylation sites is 1. The van der Waals surface area contributed by atoms with Crippen molar-refractivity contribution in [1.82, 2.24) is 0 Å². The zero-order valence-corrected chi connectivity index (χ0v) is 14.7. The van der Waals surface area contributed by atoms with Crippen LogP contribution in [0.25, 0.3) is 0 Å². The van der Waals surface area contributed by atoms with Crippen molar-refractivity contribution in [2.24, 2.45) is 0 Å². The molecular formula is C20H25NO3. The van der Waals surface area contributed by atoms with Crippen LogP contribution < -0.4 is 9.80 Å². The molecule has 0 aliphatic carbocycles. The minimum absolute atomic E-state index is 0.102. The second kappa shape index (κ2) is 6.83. The summed E-state index contributed by atoms with van der Waals surface area (Å²) in [6.45, 7) is 6.14. The molecule has 0 bridgehead atoms. The Balaban J connectivity index is 1.87. The summed E-state index contributed by atoms with van der Waals surface area (Å²) in [4.78, 5) is 6.13. The summed E-state index contributed by atoms with van der Waals surface area (Å²) in [6, 6.07) is 18.4. The van der Waals surface area contributed by atoms with E-state index >= 15 is 0 Å². The number of anilines is 1. The number of hydrogen-bond acceptors (Lipinski definition) is 4. The van der Waals surface area contributed by atoms with Gasteiger partial charge in [0.05, 0.1) is 24.4 Å². The lowest BCUT2D eigenvalue weighted by atomic mass is 10.0. The first-order valence-corrected chi connectivity index (χ1v) is 8.29. The Morgan fingerprint density at radius 1 is 1.00 bits per heavy atom. The number of methoxy groups -OCH3 is 1. The molecule has 1 saturated heterocycles. The molecule has 0 unspecified atom stereocenters. The summed E-state index contributed by atoms with van der Waals surface area (Å²) in [5.41, 5.74) is 1.96. The van der Waals surface area contributed by atoms with Gasteiger partial charge in [-0.25, -0.2) is 9.90 Å². The van der Waals surface area contributed by atoms with Crippen molar-refractivity contribution in [3.05, 3.63) is 60.2 Å². The molecule has 0 N–H and O–H groups in total. The Hall–Kier alpha value is -2.04. The molecule has 3 rings (SSSR count). The Morgan fingerprint density at radius 3 is 2.25 bits per heavy atom. The monoisotopic (exact) mass is 327 g/mol. The van der Waals surface area contributed by atoms with E-state index in [4.69, 9.17) is 14.3 Å². The van der Waals surface area contributed by atoms with Crippen molar-refractivity contribution >= 4 is 5.69 Å². The van der Waals surface area contributed by atoms with Crippen LogP contribution in [0.4, 0.5) is 5.69 Å². The van der Waals surface area contributed by atoms with Crippen LogP contribution in [0, 0.1) is 0 Å². The fourth-order valence-electron chi connectivity index (χ4n) is 2.90. The van der Waals surface area contributed by atoms with Gasteiger partial charge in [-0.15, -0.1) is 0 Å². The van der Waals surface area contributed by atoms with Crippen LogP contribution in [0.5, 0.6) is 5.75 Å². The molecule has 0 spiro atoms. The van der Waals surface area contributed by atoms with Crippen LogP contribution >= 0.6 is 0 Å². The van der Waals surface area contributed by atoms with Crippen molar-refractivity contribution in [3.63, 3.8) is 0 Å². The lowest BCUT2D eigenvalue weighted by Gasteiger charge is -2.26. The summed E-state index contributed by atoms with van der Waals surface area (Å²) in [6.07, 6.45) is 0.510. The third-order valence-corrected chi connectivity index (χ3v) is 3.93. The Bertz CT molecular complexity index is 649. The highest BCUT2D eigenvalue weighted by atomic mass is 16.8. The molecule has 2 aromatic rings. The largest absolute Gasteiger partial charge is 0.497 e. The number of ether oxygens (including phenoxy) is 2. The van der Waals surface area contributed by atoms with Gasteiger partial charge in [0.2, 0.25) is 0 Å². The van der Waals surface area contributed by atoms with Crippen LogP contribution in [0.1, 0.15) is 38.8 Å². The van der Waals surface area contributed by atoms with Crippen LogP contribution in [0.15, 0.2) is 54.6 Å². The van der Waals surface area contributed by atoms with E-state index in [9.17, 15) is 0 Å². The summed E-state index contributed by atoms with van der Waals surface area (Å²) in [7, 11) is 1.68. The van der Waals surface area contributed by atoms with E-state index in [1.54, 1.807) is 7.11 Å². The first kappa shape index (κ1) is 16.8.